The predicted molar refractivity (Wildman–Crippen MR) is 51.6 cm³/mol. The predicted octanol–water partition coefficient (Wildman–Crippen LogP) is 2.08. The Morgan fingerprint density at radius 1 is 1.36 bits per heavy atom. The molecule has 1 rings (SSSR count). The Morgan fingerprint density at radius 3 is 2.36 bits per heavy atom. The third-order valence-corrected chi connectivity index (χ3v) is 2.08. The van der Waals surface area contributed by atoms with Gasteiger partial charge in [0.15, 0.2) is 0 Å². The van der Waals surface area contributed by atoms with Crippen LogP contribution in [-0.2, 0) is 0 Å². The Balaban J connectivity index is 2.85. The summed E-state index contributed by atoms with van der Waals surface area (Å²) >= 11 is 4.88. The Morgan fingerprint density at radius 2 is 1.91 bits per heavy atom. The molecule has 0 aliphatic rings. The van der Waals surface area contributed by atoms with Crippen molar-refractivity contribution in [2.45, 2.75) is 12.8 Å². The summed E-state index contributed by atoms with van der Waals surface area (Å²) in [5.74, 6) is 0.186. The van der Waals surface area contributed by atoms with Gasteiger partial charge in [0.2, 0.25) is 0 Å². The lowest BCUT2D eigenvalue weighted by atomic mass is 10.0. The molecule has 0 amide bonds. The maximum atomic E-state index is 5.50. The van der Waals surface area contributed by atoms with E-state index in [9.17, 15) is 0 Å². The highest BCUT2D eigenvalue weighted by molar-refractivity contribution is 7.80. The zero-order chi connectivity index (χ0) is 8.27. The monoisotopic (exact) mass is 165 g/mol. The molecule has 0 fully saturated rings. The fourth-order valence-corrected chi connectivity index (χ4v) is 1.04. The van der Waals surface area contributed by atoms with Crippen molar-refractivity contribution >= 4 is 17.2 Å². The maximum absolute atomic E-state index is 5.50. The molecule has 58 valence electrons. The van der Waals surface area contributed by atoms with Crippen LogP contribution >= 0.6 is 12.2 Å². The molecule has 0 spiro atoms. The molecule has 11 heavy (non-hydrogen) atoms. The summed E-state index contributed by atoms with van der Waals surface area (Å²) in [5.41, 5.74) is 6.68. The van der Waals surface area contributed by atoms with E-state index < -0.39 is 0 Å². The normalized spacial score (nSPS) is 12.5. The Bertz CT molecular complexity index is 243. The highest BCUT2D eigenvalue weighted by atomic mass is 32.1. The van der Waals surface area contributed by atoms with Crippen LogP contribution in [0.5, 0.6) is 0 Å². The molecule has 0 aromatic heterocycles. The van der Waals surface area contributed by atoms with E-state index in [4.69, 9.17) is 18.0 Å². The van der Waals surface area contributed by atoms with Crippen molar-refractivity contribution in [2.24, 2.45) is 5.73 Å². The van der Waals surface area contributed by atoms with Crippen LogP contribution in [0.3, 0.4) is 0 Å². The quantitative estimate of drug-likeness (QED) is 0.679. The summed E-state index contributed by atoms with van der Waals surface area (Å²) in [5, 5.41) is 0. The van der Waals surface area contributed by atoms with Crippen LogP contribution in [0.4, 0.5) is 0 Å². The van der Waals surface area contributed by atoms with Crippen LogP contribution in [0.2, 0.25) is 0 Å². The molecule has 0 bridgehead atoms. The number of benzene rings is 1. The SMILES string of the molecule is C[C@@H](C(N)=S)c1ccccc1. The van der Waals surface area contributed by atoms with Gasteiger partial charge in [-0.05, 0) is 5.56 Å². The topological polar surface area (TPSA) is 26.0 Å². The van der Waals surface area contributed by atoms with Crippen LogP contribution in [0.1, 0.15) is 18.4 Å². The second-order valence-corrected chi connectivity index (χ2v) is 3.01. The average Bonchev–Trinajstić information content (AvgIpc) is 2.05. The molecule has 0 aliphatic heterocycles. The van der Waals surface area contributed by atoms with Crippen molar-refractivity contribution in [2.75, 3.05) is 0 Å². The zero-order valence-corrected chi connectivity index (χ0v) is 7.27. The van der Waals surface area contributed by atoms with Crippen molar-refractivity contribution in [3.05, 3.63) is 35.9 Å². The van der Waals surface area contributed by atoms with Crippen LogP contribution < -0.4 is 5.73 Å². The van der Waals surface area contributed by atoms with E-state index in [2.05, 4.69) is 0 Å². The third kappa shape index (κ3) is 2.02. The minimum Gasteiger partial charge on any atom is -0.393 e. The van der Waals surface area contributed by atoms with E-state index >= 15 is 0 Å². The Kier molecular flexibility index (Phi) is 2.60. The average molecular weight is 165 g/mol. The molecule has 0 saturated heterocycles. The van der Waals surface area contributed by atoms with E-state index in [1.807, 2.05) is 37.3 Å². The number of hydrogen-bond acceptors (Lipinski definition) is 1. The lowest BCUT2D eigenvalue weighted by Gasteiger charge is -2.08. The minimum absolute atomic E-state index is 0.186. The van der Waals surface area contributed by atoms with Gasteiger partial charge in [0, 0.05) is 5.92 Å². The standard InChI is InChI=1S/C9H11NS/c1-7(9(10)11)8-5-3-2-4-6-8/h2-7H,1H3,(H2,10,11)/t7-/m1/s1. The summed E-state index contributed by atoms with van der Waals surface area (Å²) in [7, 11) is 0. The summed E-state index contributed by atoms with van der Waals surface area (Å²) in [6.45, 7) is 2.01. The molecular formula is C9H11NS. The fourth-order valence-electron chi connectivity index (χ4n) is 0.906. The fraction of sp³-hybridized carbons (Fsp3) is 0.222. The Hall–Kier alpha value is -0.890. The van der Waals surface area contributed by atoms with Crippen molar-refractivity contribution in [3.63, 3.8) is 0 Å². The first-order valence-corrected chi connectivity index (χ1v) is 3.97. The van der Waals surface area contributed by atoms with E-state index in [0.29, 0.717) is 4.99 Å². The van der Waals surface area contributed by atoms with Gasteiger partial charge in [-0.3, -0.25) is 0 Å². The van der Waals surface area contributed by atoms with Crippen molar-refractivity contribution in [1.82, 2.24) is 0 Å². The summed E-state index contributed by atoms with van der Waals surface area (Å²) in [4.78, 5) is 0.552. The summed E-state index contributed by atoms with van der Waals surface area (Å²) in [6, 6.07) is 10.0. The first-order valence-electron chi connectivity index (χ1n) is 3.56. The molecule has 0 heterocycles. The molecule has 1 aromatic carbocycles. The summed E-state index contributed by atoms with van der Waals surface area (Å²) in [6.07, 6.45) is 0. The molecule has 1 nitrogen and oxygen atoms in total. The lowest BCUT2D eigenvalue weighted by Crippen LogP contribution is -2.16. The molecule has 0 unspecified atom stereocenters. The van der Waals surface area contributed by atoms with Crippen LogP contribution in [0, 0.1) is 0 Å². The molecule has 1 atom stereocenters. The van der Waals surface area contributed by atoms with E-state index in [-0.39, 0.29) is 5.92 Å². The molecule has 0 radical (unpaired) electrons. The van der Waals surface area contributed by atoms with Gasteiger partial charge in [-0.15, -0.1) is 0 Å². The summed E-state index contributed by atoms with van der Waals surface area (Å²) < 4.78 is 0. The van der Waals surface area contributed by atoms with Gasteiger partial charge in [0.05, 0.1) is 4.99 Å². The zero-order valence-electron chi connectivity index (χ0n) is 6.45. The maximum Gasteiger partial charge on any atom is 0.0800 e. The second-order valence-electron chi connectivity index (χ2n) is 2.53. The minimum atomic E-state index is 0.186. The van der Waals surface area contributed by atoms with Crippen molar-refractivity contribution in [3.8, 4) is 0 Å². The first-order chi connectivity index (χ1) is 5.22. The molecule has 2 N–H and O–H groups in total. The van der Waals surface area contributed by atoms with E-state index in [1.165, 1.54) is 5.56 Å². The van der Waals surface area contributed by atoms with E-state index in [0.717, 1.165) is 0 Å². The number of thiocarbonyl (C=S) groups is 1. The molecule has 2 heteroatoms. The van der Waals surface area contributed by atoms with Crippen molar-refractivity contribution < 1.29 is 0 Å². The van der Waals surface area contributed by atoms with Gasteiger partial charge in [0.25, 0.3) is 0 Å². The lowest BCUT2D eigenvalue weighted by molar-refractivity contribution is 1.03. The van der Waals surface area contributed by atoms with Crippen LogP contribution in [-0.4, -0.2) is 4.99 Å². The highest BCUT2D eigenvalue weighted by Crippen LogP contribution is 2.13. The number of hydrogen-bond donors (Lipinski definition) is 1. The van der Waals surface area contributed by atoms with Gasteiger partial charge >= 0.3 is 0 Å². The molecule has 0 saturated carbocycles. The molecule has 0 aliphatic carbocycles. The van der Waals surface area contributed by atoms with E-state index in [1.54, 1.807) is 0 Å². The third-order valence-electron chi connectivity index (χ3n) is 1.73. The van der Waals surface area contributed by atoms with Gasteiger partial charge in [0.1, 0.15) is 0 Å². The van der Waals surface area contributed by atoms with Gasteiger partial charge in [-0.1, -0.05) is 49.5 Å². The van der Waals surface area contributed by atoms with Gasteiger partial charge in [-0.2, -0.15) is 0 Å². The molecule has 1 aromatic rings. The first kappa shape index (κ1) is 8.21. The largest absolute Gasteiger partial charge is 0.393 e. The number of rotatable bonds is 2. The van der Waals surface area contributed by atoms with Crippen LogP contribution in [0.15, 0.2) is 30.3 Å². The molecular weight excluding hydrogens is 154 g/mol. The van der Waals surface area contributed by atoms with Crippen LogP contribution in [0.25, 0.3) is 0 Å². The second kappa shape index (κ2) is 3.49. The van der Waals surface area contributed by atoms with Crippen molar-refractivity contribution in [1.29, 1.82) is 0 Å². The van der Waals surface area contributed by atoms with Gasteiger partial charge in [-0.25, -0.2) is 0 Å². The highest BCUT2D eigenvalue weighted by Gasteiger charge is 2.05. The Labute approximate surface area is 72.2 Å². The smallest absolute Gasteiger partial charge is 0.0800 e. The number of nitrogens with two attached hydrogens (primary N) is 1. The van der Waals surface area contributed by atoms with Gasteiger partial charge < -0.3 is 5.73 Å².